The van der Waals surface area contributed by atoms with E-state index >= 15 is 0 Å². The number of para-hydroxylation sites is 1. The van der Waals surface area contributed by atoms with E-state index in [4.69, 9.17) is 5.11 Å². The Hall–Kier alpha value is -1.69. The SMILES string of the molecule is CSC(C)CCNC(=O)Nc1ccccc1CC(=O)O. The molecule has 0 aliphatic heterocycles. The molecule has 1 rings (SSSR count). The Morgan fingerprint density at radius 2 is 2.05 bits per heavy atom. The minimum Gasteiger partial charge on any atom is -0.481 e. The maximum Gasteiger partial charge on any atom is 0.319 e. The average molecular weight is 296 g/mol. The molecule has 1 unspecified atom stereocenters. The summed E-state index contributed by atoms with van der Waals surface area (Å²) in [6.07, 6.45) is 2.82. The van der Waals surface area contributed by atoms with Crippen LogP contribution in [0.2, 0.25) is 0 Å². The van der Waals surface area contributed by atoms with Crippen LogP contribution in [0.25, 0.3) is 0 Å². The van der Waals surface area contributed by atoms with Crippen LogP contribution in [0.1, 0.15) is 18.9 Å². The number of carboxylic acids is 1. The molecule has 0 aromatic heterocycles. The summed E-state index contributed by atoms with van der Waals surface area (Å²) in [4.78, 5) is 22.5. The van der Waals surface area contributed by atoms with Crippen LogP contribution < -0.4 is 10.6 Å². The van der Waals surface area contributed by atoms with Gasteiger partial charge in [0.2, 0.25) is 0 Å². The zero-order valence-electron chi connectivity index (χ0n) is 11.7. The summed E-state index contributed by atoms with van der Waals surface area (Å²) in [5.41, 5.74) is 1.12. The summed E-state index contributed by atoms with van der Waals surface area (Å²) in [7, 11) is 0. The summed E-state index contributed by atoms with van der Waals surface area (Å²) in [5, 5.41) is 14.8. The molecule has 0 heterocycles. The van der Waals surface area contributed by atoms with E-state index in [9.17, 15) is 9.59 Å². The fourth-order valence-electron chi connectivity index (χ4n) is 1.63. The third-order valence-corrected chi connectivity index (χ3v) is 3.89. The smallest absolute Gasteiger partial charge is 0.319 e. The number of anilines is 1. The van der Waals surface area contributed by atoms with Gasteiger partial charge in [0.15, 0.2) is 0 Å². The molecule has 0 fully saturated rings. The summed E-state index contributed by atoms with van der Waals surface area (Å²) in [6, 6.07) is 6.59. The second kappa shape index (κ2) is 8.47. The molecule has 0 radical (unpaired) electrons. The second-order valence-electron chi connectivity index (χ2n) is 4.44. The van der Waals surface area contributed by atoms with Crippen molar-refractivity contribution in [1.82, 2.24) is 5.32 Å². The van der Waals surface area contributed by atoms with Crippen LogP contribution in [0, 0.1) is 0 Å². The molecule has 0 saturated carbocycles. The zero-order valence-corrected chi connectivity index (χ0v) is 12.5. The van der Waals surface area contributed by atoms with E-state index in [-0.39, 0.29) is 12.5 Å². The maximum atomic E-state index is 11.7. The van der Waals surface area contributed by atoms with Crippen LogP contribution in [0.15, 0.2) is 24.3 Å². The van der Waals surface area contributed by atoms with E-state index in [0.29, 0.717) is 23.0 Å². The van der Waals surface area contributed by atoms with Crippen LogP contribution in [0.4, 0.5) is 10.5 Å². The minimum absolute atomic E-state index is 0.111. The Bertz CT molecular complexity index is 465. The molecule has 1 aromatic carbocycles. The third-order valence-electron chi connectivity index (χ3n) is 2.85. The Morgan fingerprint density at radius 1 is 1.35 bits per heavy atom. The van der Waals surface area contributed by atoms with E-state index in [0.717, 1.165) is 6.42 Å². The van der Waals surface area contributed by atoms with Gasteiger partial charge in [0, 0.05) is 17.5 Å². The third kappa shape index (κ3) is 5.97. The number of amides is 2. The lowest BCUT2D eigenvalue weighted by Gasteiger charge is -2.12. The molecule has 0 aliphatic rings. The fraction of sp³-hybridized carbons (Fsp3) is 0.429. The Balaban J connectivity index is 2.51. The van der Waals surface area contributed by atoms with Gasteiger partial charge in [-0.1, -0.05) is 25.1 Å². The monoisotopic (exact) mass is 296 g/mol. The van der Waals surface area contributed by atoms with Crippen molar-refractivity contribution in [2.75, 3.05) is 18.1 Å². The van der Waals surface area contributed by atoms with Gasteiger partial charge < -0.3 is 15.7 Å². The average Bonchev–Trinajstić information content (AvgIpc) is 2.40. The van der Waals surface area contributed by atoms with Gasteiger partial charge in [-0.15, -0.1) is 0 Å². The van der Waals surface area contributed by atoms with Gasteiger partial charge in [-0.3, -0.25) is 4.79 Å². The maximum absolute atomic E-state index is 11.7. The predicted molar refractivity (Wildman–Crippen MR) is 82.4 cm³/mol. The number of nitrogens with one attached hydrogen (secondary N) is 2. The summed E-state index contributed by atoms with van der Waals surface area (Å²) >= 11 is 1.75. The lowest BCUT2D eigenvalue weighted by Crippen LogP contribution is -2.31. The number of benzene rings is 1. The molecular weight excluding hydrogens is 276 g/mol. The highest BCUT2D eigenvalue weighted by Gasteiger charge is 2.09. The van der Waals surface area contributed by atoms with Gasteiger partial charge in [0.05, 0.1) is 6.42 Å². The van der Waals surface area contributed by atoms with Gasteiger partial charge in [-0.05, 0) is 24.3 Å². The number of aliphatic carboxylic acids is 1. The van der Waals surface area contributed by atoms with Gasteiger partial charge in [0.25, 0.3) is 0 Å². The molecule has 0 aliphatic carbocycles. The van der Waals surface area contributed by atoms with Crippen LogP contribution in [-0.4, -0.2) is 35.2 Å². The predicted octanol–water partition coefficient (Wildman–Crippen LogP) is 2.58. The number of thioether (sulfide) groups is 1. The summed E-state index contributed by atoms with van der Waals surface area (Å²) in [6.45, 7) is 2.70. The van der Waals surface area contributed by atoms with Gasteiger partial charge in [-0.2, -0.15) is 11.8 Å². The zero-order chi connectivity index (χ0) is 15.0. The topological polar surface area (TPSA) is 78.4 Å². The molecule has 5 nitrogen and oxygen atoms in total. The molecule has 110 valence electrons. The van der Waals surface area contributed by atoms with E-state index in [1.807, 2.05) is 6.26 Å². The first kappa shape index (κ1) is 16.4. The molecule has 2 amide bonds. The van der Waals surface area contributed by atoms with Crippen molar-refractivity contribution in [1.29, 1.82) is 0 Å². The van der Waals surface area contributed by atoms with Gasteiger partial charge in [0.1, 0.15) is 0 Å². The second-order valence-corrected chi connectivity index (χ2v) is 5.72. The lowest BCUT2D eigenvalue weighted by atomic mass is 10.1. The fourth-order valence-corrected chi connectivity index (χ4v) is 1.99. The van der Waals surface area contributed by atoms with Crippen molar-refractivity contribution in [3.05, 3.63) is 29.8 Å². The van der Waals surface area contributed by atoms with E-state index in [2.05, 4.69) is 17.6 Å². The van der Waals surface area contributed by atoms with Crippen molar-refractivity contribution in [3.8, 4) is 0 Å². The quantitative estimate of drug-likeness (QED) is 0.722. The lowest BCUT2D eigenvalue weighted by molar-refractivity contribution is -0.136. The van der Waals surface area contributed by atoms with Crippen molar-refractivity contribution >= 4 is 29.4 Å². The number of carboxylic acid groups (broad SMARTS) is 1. The standard InChI is InChI=1S/C14H20N2O3S/c1-10(20-2)7-8-15-14(19)16-12-6-4-3-5-11(12)9-13(17)18/h3-6,10H,7-9H2,1-2H3,(H,17,18)(H2,15,16,19). The van der Waals surface area contributed by atoms with Gasteiger partial charge >= 0.3 is 12.0 Å². The minimum atomic E-state index is -0.923. The van der Waals surface area contributed by atoms with E-state index < -0.39 is 5.97 Å². The van der Waals surface area contributed by atoms with Crippen LogP contribution in [-0.2, 0) is 11.2 Å². The van der Waals surface area contributed by atoms with Crippen LogP contribution in [0.5, 0.6) is 0 Å². The van der Waals surface area contributed by atoms with Crippen molar-refractivity contribution in [2.45, 2.75) is 25.0 Å². The normalized spacial score (nSPS) is 11.7. The van der Waals surface area contributed by atoms with Gasteiger partial charge in [-0.25, -0.2) is 4.79 Å². The molecular formula is C14H20N2O3S. The molecule has 1 atom stereocenters. The summed E-state index contributed by atoms with van der Waals surface area (Å²) < 4.78 is 0. The van der Waals surface area contributed by atoms with E-state index in [1.54, 1.807) is 36.0 Å². The van der Waals surface area contributed by atoms with Crippen molar-refractivity contribution in [2.24, 2.45) is 0 Å². The highest BCUT2D eigenvalue weighted by atomic mass is 32.2. The van der Waals surface area contributed by atoms with Crippen LogP contribution >= 0.6 is 11.8 Å². The molecule has 3 N–H and O–H groups in total. The molecule has 1 aromatic rings. The molecule has 0 saturated heterocycles. The highest BCUT2D eigenvalue weighted by molar-refractivity contribution is 7.99. The summed E-state index contributed by atoms with van der Waals surface area (Å²) in [5.74, 6) is -0.923. The Morgan fingerprint density at radius 3 is 2.70 bits per heavy atom. The molecule has 0 bridgehead atoms. The van der Waals surface area contributed by atoms with Crippen molar-refractivity contribution < 1.29 is 14.7 Å². The first-order valence-electron chi connectivity index (χ1n) is 6.40. The highest BCUT2D eigenvalue weighted by Crippen LogP contribution is 2.15. The molecule has 0 spiro atoms. The van der Waals surface area contributed by atoms with E-state index in [1.165, 1.54) is 0 Å². The van der Waals surface area contributed by atoms with Crippen LogP contribution in [0.3, 0.4) is 0 Å². The number of urea groups is 1. The first-order valence-corrected chi connectivity index (χ1v) is 7.69. The number of rotatable bonds is 7. The molecule has 6 heteroatoms. The van der Waals surface area contributed by atoms with Crippen molar-refractivity contribution in [3.63, 3.8) is 0 Å². The Labute approximate surface area is 123 Å². The first-order chi connectivity index (χ1) is 9.52. The number of carbonyl (C=O) groups is 2. The number of carbonyl (C=O) groups excluding carboxylic acids is 1. The number of hydrogen-bond donors (Lipinski definition) is 3. The Kier molecular flexibility index (Phi) is 6.93. The largest absolute Gasteiger partial charge is 0.481 e. The number of hydrogen-bond acceptors (Lipinski definition) is 3. The molecule has 20 heavy (non-hydrogen) atoms.